The summed E-state index contributed by atoms with van der Waals surface area (Å²) in [5, 5.41) is 4.34. The monoisotopic (exact) mass is 317 g/mol. The topological polar surface area (TPSA) is 62.3 Å². The lowest BCUT2D eigenvalue weighted by Crippen LogP contribution is -2.47. The van der Waals surface area contributed by atoms with Gasteiger partial charge in [0.05, 0.1) is 5.52 Å². The Balaban J connectivity index is 1.80. The highest BCUT2D eigenvalue weighted by Gasteiger charge is 2.30. The SMILES string of the molecule is CN1C(=O)CCCC1C(=O)Nc1ccc2ccc(Cl)cc2n1. The van der Waals surface area contributed by atoms with E-state index in [0.717, 1.165) is 17.3 Å². The van der Waals surface area contributed by atoms with E-state index in [0.29, 0.717) is 23.7 Å². The molecule has 2 amide bonds. The molecule has 1 fully saturated rings. The number of piperidine rings is 1. The van der Waals surface area contributed by atoms with Crippen LogP contribution in [0.25, 0.3) is 10.9 Å². The average molecular weight is 318 g/mol. The smallest absolute Gasteiger partial charge is 0.248 e. The number of benzene rings is 1. The second-order valence-corrected chi connectivity index (χ2v) is 5.87. The first-order valence-corrected chi connectivity index (χ1v) is 7.55. The van der Waals surface area contributed by atoms with Crippen LogP contribution < -0.4 is 5.32 Å². The van der Waals surface area contributed by atoms with E-state index in [2.05, 4.69) is 10.3 Å². The summed E-state index contributed by atoms with van der Waals surface area (Å²) in [7, 11) is 1.67. The summed E-state index contributed by atoms with van der Waals surface area (Å²) in [6.45, 7) is 0. The van der Waals surface area contributed by atoms with Gasteiger partial charge in [0.25, 0.3) is 0 Å². The maximum Gasteiger partial charge on any atom is 0.248 e. The van der Waals surface area contributed by atoms with Gasteiger partial charge in [-0.15, -0.1) is 0 Å². The Kier molecular flexibility index (Phi) is 3.98. The molecule has 2 aromatic rings. The van der Waals surface area contributed by atoms with Crippen LogP contribution in [0.3, 0.4) is 0 Å². The quantitative estimate of drug-likeness (QED) is 0.926. The van der Waals surface area contributed by atoms with Crippen LogP contribution in [0.1, 0.15) is 19.3 Å². The molecule has 1 aromatic heterocycles. The number of hydrogen-bond acceptors (Lipinski definition) is 3. The number of hydrogen-bond donors (Lipinski definition) is 1. The highest BCUT2D eigenvalue weighted by molar-refractivity contribution is 6.31. The van der Waals surface area contributed by atoms with Crippen molar-refractivity contribution in [2.45, 2.75) is 25.3 Å². The first-order chi connectivity index (χ1) is 10.5. The zero-order chi connectivity index (χ0) is 15.7. The number of pyridine rings is 1. The van der Waals surface area contributed by atoms with Crippen LogP contribution in [0.2, 0.25) is 5.02 Å². The highest BCUT2D eigenvalue weighted by Crippen LogP contribution is 2.21. The fourth-order valence-corrected chi connectivity index (χ4v) is 2.83. The minimum atomic E-state index is -0.432. The molecule has 1 saturated heterocycles. The molecule has 5 nitrogen and oxygen atoms in total. The van der Waals surface area contributed by atoms with Gasteiger partial charge in [-0.3, -0.25) is 9.59 Å². The van der Waals surface area contributed by atoms with Crippen LogP contribution in [-0.2, 0) is 9.59 Å². The van der Waals surface area contributed by atoms with Crippen molar-refractivity contribution in [2.24, 2.45) is 0 Å². The number of anilines is 1. The van der Waals surface area contributed by atoms with E-state index in [1.807, 2.05) is 12.1 Å². The van der Waals surface area contributed by atoms with E-state index in [1.54, 1.807) is 25.2 Å². The number of likely N-dealkylation sites (N-methyl/N-ethyl adjacent to an activating group) is 1. The van der Waals surface area contributed by atoms with Gasteiger partial charge in [-0.25, -0.2) is 4.98 Å². The van der Waals surface area contributed by atoms with Crippen molar-refractivity contribution < 1.29 is 9.59 Å². The number of amides is 2. The first kappa shape index (κ1) is 14.8. The van der Waals surface area contributed by atoms with Crippen molar-refractivity contribution in [3.63, 3.8) is 0 Å². The van der Waals surface area contributed by atoms with Gasteiger partial charge in [0.2, 0.25) is 11.8 Å². The van der Waals surface area contributed by atoms with E-state index < -0.39 is 6.04 Å². The van der Waals surface area contributed by atoms with Crippen LogP contribution in [0, 0.1) is 0 Å². The molecule has 0 aliphatic carbocycles. The molecule has 2 heterocycles. The number of rotatable bonds is 2. The standard InChI is InChI=1S/C16H16ClN3O2/c1-20-13(3-2-4-15(20)21)16(22)19-14-8-6-10-5-7-11(17)9-12(10)18-14/h5-9,13H,2-4H2,1H3,(H,18,19,22). The molecule has 3 rings (SSSR count). The molecule has 6 heteroatoms. The fraction of sp³-hybridized carbons (Fsp3) is 0.312. The molecule has 0 bridgehead atoms. The van der Waals surface area contributed by atoms with E-state index in [-0.39, 0.29) is 11.8 Å². The molecule has 1 aliphatic heterocycles. The number of fused-ring (bicyclic) bond motifs is 1. The Bertz CT molecular complexity index is 747. The van der Waals surface area contributed by atoms with Crippen molar-refractivity contribution in [1.82, 2.24) is 9.88 Å². The molecule has 0 radical (unpaired) electrons. The summed E-state index contributed by atoms with van der Waals surface area (Å²) in [5.74, 6) is 0.264. The van der Waals surface area contributed by atoms with Gasteiger partial charge in [0.15, 0.2) is 0 Å². The lowest BCUT2D eigenvalue weighted by atomic mass is 10.0. The van der Waals surface area contributed by atoms with Crippen molar-refractivity contribution >= 4 is 40.1 Å². The molecule has 0 spiro atoms. The van der Waals surface area contributed by atoms with E-state index >= 15 is 0 Å². The zero-order valence-electron chi connectivity index (χ0n) is 12.2. The average Bonchev–Trinajstić information content (AvgIpc) is 2.49. The lowest BCUT2D eigenvalue weighted by Gasteiger charge is -2.31. The summed E-state index contributed by atoms with van der Waals surface area (Å²) in [6, 6.07) is 8.63. The third kappa shape index (κ3) is 2.90. The minimum absolute atomic E-state index is 0.00431. The predicted molar refractivity (Wildman–Crippen MR) is 85.8 cm³/mol. The predicted octanol–water partition coefficient (Wildman–Crippen LogP) is 2.84. The van der Waals surface area contributed by atoms with Crippen LogP contribution in [0.5, 0.6) is 0 Å². The third-order valence-corrected chi connectivity index (χ3v) is 4.17. The third-order valence-electron chi connectivity index (χ3n) is 3.94. The number of carbonyl (C=O) groups excluding carboxylic acids is 2. The van der Waals surface area contributed by atoms with Crippen molar-refractivity contribution in [1.29, 1.82) is 0 Å². The first-order valence-electron chi connectivity index (χ1n) is 7.17. The van der Waals surface area contributed by atoms with Crippen LogP contribution in [0.15, 0.2) is 30.3 Å². The van der Waals surface area contributed by atoms with E-state index in [9.17, 15) is 9.59 Å². The molecule has 1 aliphatic rings. The number of carbonyl (C=O) groups is 2. The number of nitrogens with zero attached hydrogens (tertiary/aromatic N) is 2. The lowest BCUT2D eigenvalue weighted by molar-refractivity contribution is -0.140. The summed E-state index contributed by atoms with van der Waals surface area (Å²) in [5.41, 5.74) is 0.721. The summed E-state index contributed by atoms with van der Waals surface area (Å²) < 4.78 is 0. The second-order valence-electron chi connectivity index (χ2n) is 5.44. The summed E-state index contributed by atoms with van der Waals surface area (Å²) in [4.78, 5) is 30.0. The van der Waals surface area contributed by atoms with Crippen molar-refractivity contribution in [3.05, 3.63) is 35.4 Å². The summed E-state index contributed by atoms with van der Waals surface area (Å²) in [6.07, 6.45) is 1.92. The summed E-state index contributed by atoms with van der Waals surface area (Å²) >= 11 is 5.96. The number of aromatic nitrogens is 1. The Labute approximate surface area is 133 Å². The van der Waals surface area contributed by atoms with Gasteiger partial charge in [-0.1, -0.05) is 17.7 Å². The Morgan fingerprint density at radius 1 is 1.36 bits per heavy atom. The minimum Gasteiger partial charge on any atom is -0.334 e. The van der Waals surface area contributed by atoms with Gasteiger partial charge in [-0.05, 0) is 37.1 Å². The van der Waals surface area contributed by atoms with E-state index in [4.69, 9.17) is 11.6 Å². The molecule has 1 N–H and O–H groups in total. The maximum atomic E-state index is 12.4. The molecule has 1 unspecified atom stereocenters. The maximum absolute atomic E-state index is 12.4. The molecule has 22 heavy (non-hydrogen) atoms. The molecular weight excluding hydrogens is 302 g/mol. The molecular formula is C16H16ClN3O2. The Morgan fingerprint density at radius 3 is 2.95 bits per heavy atom. The largest absolute Gasteiger partial charge is 0.334 e. The fourth-order valence-electron chi connectivity index (χ4n) is 2.67. The van der Waals surface area contributed by atoms with Crippen LogP contribution in [0.4, 0.5) is 5.82 Å². The molecule has 1 atom stereocenters. The van der Waals surface area contributed by atoms with Gasteiger partial charge >= 0.3 is 0 Å². The Morgan fingerprint density at radius 2 is 2.14 bits per heavy atom. The number of likely N-dealkylation sites (tertiary alicyclic amines) is 1. The van der Waals surface area contributed by atoms with E-state index in [1.165, 1.54) is 4.90 Å². The van der Waals surface area contributed by atoms with Gasteiger partial charge in [0, 0.05) is 23.9 Å². The molecule has 0 saturated carbocycles. The van der Waals surface area contributed by atoms with Gasteiger partial charge < -0.3 is 10.2 Å². The second kappa shape index (κ2) is 5.93. The van der Waals surface area contributed by atoms with Crippen LogP contribution in [-0.4, -0.2) is 34.8 Å². The van der Waals surface area contributed by atoms with Crippen LogP contribution >= 0.6 is 11.6 Å². The molecule has 1 aromatic carbocycles. The van der Waals surface area contributed by atoms with Crippen molar-refractivity contribution in [3.8, 4) is 0 Å². The molecule has 114 valence electrons. The normalized spacial score (nSPS) is 18.5. The zero-order valence-corrected chi connectivity index (χ0v) is 12.9. The van der Waals surface area contributed by atoms with Gasteiger partial charge in [-0.2, -0.15) is 0 Å². The highest BCUT2D eigenvalue weighted by atomic mass is 35.5. The van der Waals surface area contributed by atoms with Crippen molar-refractivity contribution in [2.75, 3.05) is 12.4 Å². The number of nitrogens with one attached hydrogen (secondary N) is 1. The van der Waals surface area contributed by atoms with Gasteiger partial charge in [0.1, 0.15) is 11.9 Å². The Hall–Kier alpha value is -2.14. The number of halogens is 1.